The standard InChI is InChI=1S/C16H19N5/c1-3-21-15-7-5-4-6-12(15)14(20-21)8-13(17)16-18-9-11(2)10-19-16/h4-7,9-10,13H,3,8,17H2,1-2H3. The van der Waals surface area contributed by atoms with Gasteiger partial charge in [0.1, 0.15) is 5.82 Å². The molecule has 108 valence electrons. The van der Waals surface area contributed by atoms with Gasteiger partial charge >= 0.3 is 0 Å². The normalized spacial score (nSPS) is 12.7. The van der Waals surface area contributed by atoms with Crippen LogP contribution in [0.2, 0.25) is 0 Å². The van der Waals surface area contributed by atoms with Gasteiger partial charge in [0, 0.05) is 30.7 Å². The quantitative estimate of drug-likeness (QED) is 0.797. The van der Waals surface area contributed by atoms with Crippen LogP contribution in [0.25, 0.3) is 10.9 Å². The number of hydrogen-bond donors (Lipinski definition) is 1. The Morgan fingerprint density at radius 1 is 1.19 bits per heavy atom. The highest BCUT2D eigenvalue weighted by molar-refractivity contribution is 5.82. The van der Waals surface area contributed by atoms with E-state index in [-0.39, 0.29) is 6.04 Å². The van der Waals surface area contributed by atoms with Gasteiger partial charge in [0.2, 0.25) is 0 Å². The topological polar surface area (TPSA) is 69.6 Å². The number of fused-ring (bicyclic) bond motifs is 1. The number of benzene rings is 1. The van der Waals surface area contributed by atoms with Crippen LogP contribution >= 0.6 is 0 Å². The van der Waals surface area contributed by atoms with Gasteiger partial charge in [-0.2, -0.15) is 5.10 Å². The lowest BCUT2D eigenvalue weighted by Crippen LogP contribution is -2.17. The Hall–Kier alpha value is -2.27. The minimum Gasteiger partial charge on any atom is -0.321 e. The third-order valence-corrected chi connectivity index (χ3v) is 3.58. The van der Waals surface area contributed by atoms with Crippen LogP contribution in [0.1, 0.15) is 30.0 Å². The van der Waals surface area contributed by atoms with Crippen molar-refractivity contribution in [2.24, 2.45) is 5.73 Å². The SMILES string of the molecule is CCn1nc(CC(N)c2ncc(C)cn2)c2ccccc21. The van der Waals surface area contributed by atoms with Gasteiger partial charge in [0.15, 0.2) is 0 Å². The Bertz CT molecular complexity index is 745. The maximum atomic E-state index is 6.24. The molecule has 2 aromatic heterocycles. The molecule has 0 spiro atoms. The smallest absolute Gasteiger partial charge is 0.145 e. The highest BCUT2D eigenvalue weighted by atomic mass is 15.3. The van der Waals surface area contributed by atoms with E-state index >= 15 is 0 Å². The maximum absolute atomic E-state index is 6.24. The van der Waals surface area contributed by atoms with E-state index in [0.29, 0.717) is 12.2 Å². The van der Waals surface area contributed by atoms with Crippen LogP contribution in [-0.2, 0) is 13.0 Å². The molecule has 1 aromatic carbocycles. The Morgan fingerprint density at radius 2 is 1.90 bits per heavy atom. The number of hydrogen-bond acceptors (Lipinski definition) is 4. The summed E-state index contributed by atoms with van der Waals surface area (Å²) in [5, 5.41) is 5.83. The van der Waals surface area contributed by atoms with Crippen molar-refractivity contribution >= 4 is 10.9 Å². The highest BCUT2D eigenvalue weighted by Gasteiger charge is 2.15. The monoisotopic (exact) mass is 281 g/mol. The minimum absolute atomic E-state index is 0.241. The average Bonchev–Trinajstić information content (AvgIpc) is 2.86. The second-order valence-electron chi connectivity index (χ2n) is 5.21. The molecule has 1 atom stereocenters. The van der Waals surface area contributed by atoms with Crippen LogP contribution in [0.3, 0.4) is 0 Å². The van der Waals surface area contributed by atoms with Crippen LogP contribution in [0.5, 0.6) is 0 Å². The fraction of sp³-hybridized carbons (Fsp3) is 0.312. The summed E-state index contributed by atoms with van der Waals surface area (Å²) in [5.41, 5.74) is 9.43. The lowest BCUT2D eigenvalue weighted by Gasteiger charge is -2.08. The summed E-state index contributed by atoms with van der Waals surface area (Å²) in [5.74, 6) is 0.663. The lowest BCUT2D eigenvalue weighted by atomic mass is 10.1. The molecule has 3 rings (SSSR count). The molecule has 5 heteroatoms. The van der Waals surface area contributed by atoms with Crippen LogP contribution < -0.4 is 5.73 Å². The molecule has 0 saturated carbocycles. The average molecular weight is 281 g/mol. The molecule has 0 radical (unpaired) electrons. The number of para-hydroxylation sites is 1. The zero-order valence-electron chi connectivity index (χ0n) is 12.3. The number of rotatable bonds is 4. The summed E-state index contributed by atoms with van der Waals surface area (Å²) in [7, 11) is 0. The van der Waals surface area contributed by atoms with E-state index in [1.807, 2.05) is 23.7 Å². The predicted molar refractivity (Wildman–Crippen MR) is 82.8 cm³/mol. The third-order valence-electron chi connectivity index (χ3n) is 3.58. The largest absolute Gasteiger partial charge is 0.321 e. The predicted octanol–water partition coefficient (Wildman–Crippen LogP) is 2.40. The van der Waals surface area contributed by atoms with Gasteiger partial charge in [-0.15, -0.1) is 0 Å². The molecule has 0 bridgehead atoms. The van der Waals surface area contributed by atoms with Crippen molar-refractivity contribution in [3.05, 3.63) is 53.7 Å². The Balaban J connectivity index is 1.92. The van der Waals surface area contributed by atoms with Crippen molar-refractivity contribution in [3.63, 3.8) is 0 Å². The first-order valence-corrected chi connectivity index (χ1v) is 7.17. The summed E-state index contributed by atoms with van der Waals surface area (Å²) in [6.07, 6.45) is 4.23. The van der Waals surface area contributed by atoms with Crippen molar-refractivity contribution < 1.29 is 0 Å². The number of aromatic nitrogens is 4. The first-order chi connectivity index (χ1) is 10.2. The molecule has 0 saturated heterocycles. The molecule has 0 amide bonds. The van der Waals surface area contributed by atoms with Crippen molar-refractivity contribution in [1.82, 2.24) is 19.7 Å². The zero-order chi connectivity index (χ0) is 14.8. The first-order valence-electron chi connectivity index (χ1n) is 7.17. The summed E-state index contributed by atoms with van der Waals surface area (Å²) in [4.78, 5) is 8.62. The second kappa shape index (κ2) is 5.61. The molecular formula is C16H19N5. The summed E-state index contributed by atoms with van der Waals surface area (Å²) in [6, 6.07) is 7.99. The first kappa shape index (κ1) is 13.7. The van der Waals surface area contributed by atoms with Crippen LogP contribution in [0.4, 0.5) is 0 Å². The highest BCUT2D eigenvalue weighted by Crippen LogP contribution is 2.22. The molecule has 0 aliphatic carbocycles. The van der Waals surface area contributed by atoms with Crippen molar-refractivity contribution in [3.8, 4) is 0 Å². The molecule has 0 aliphatic rings. The van der Waals surface area contributed by atoms with E-state index in [1.165, 1.54) is 0 Å². The maximum Gasteiger partial charge on any atom is 0.145 e. The van der Waals surface area contributed by atoms with Gasteiger partial charge < -0.3 is 5.73 Å². The number of aryl methyl sites for hydroxylation is 2. The molecule has 5 nitrogen and oxygen atoms in total. The van der Waals surface area contributed by atoms with E-state index in [9.17, 15) is 0 Å². The van der Waals surface area contributed by atoms with Crippen LogP contribution in [-0.4, -0.2) is 19.7 Å². The van der Waals surface area contributed by atoms with Crippen LogP contribution in [0.15, 0.2) is 36.7 Å². The van der Waals surface area contributed by atoms with Gasteiger partial charge in [-0.1, -0.05) is 18.2 Å². The van der Waals surface area contributed by atoms with E-state index in [1.54, 1.807) is 12.4 Å². The summed E-state index contributed by atoms with van der Waals surface area (Å²) >= 11 is 0. The fourth-order valence-electron chi connectivity index (χ4n) is 2.48. The van der Waals surface area contributed by atoms with Crippen molar-refractivity contribution in [1.29, 1.82) is 0 Å². The molecule has 2 N–H and O–H groups in total. The van der Waals surface area contributed by atoms with E-state index in [0.717, 1.165) is 28.7 Å². The van der Waals surface area contributed by atoms with E-state index in [2.05, 4.69) is 34.1 Å². The lowest BCUT2D eigenvalue weighted by molar-refractivity contribution is 0.622. The second-order valence-corrected chi connectivity index (χ2v) is 5.21. The van der Waals surface area contributed by atoms with Crippen molar-refractivity contribution in [2.75, 3.05) is 0 Å². The molecule has 0 fully saturated rings. The van der Waals surface area contributed by atoms with Gasteiger partial charge in [0.05, 0.1) is 17.3 Å². The molecule has 0 aliphatic heterocycles. The number of nitrogens with two attached hydrogens (primary N) is 1. The third kappa shape index (κ3) is 2.64. The molecule has 1 unspecified atom stereocenters. The molecular weight excluding hydrogens is 262 g/mol. The molecule has 3 aromatic rings. The van der Waals surface area contributed by atoms with E-state index < -0.39 is 0 Å². The zero-order valence-corrected chi connectivity index (χ0v) is 12.3. The van der Waals surface area contributed by atoms with Gasteiger partial charge in [0.25, 0.3) is 0 Å². The molecule has 21 heavy (non-hydrogen) atoms. The van der Waals surface area contributed by atoms with Crippen molar-refractivity contribution in [2.45, 2.75) is 32.9 Å². The van der Waals surface area contributed by atoms with E-state index in [4.69, 9.17) is 5.73 Å². The Morgan fingerprint density at radius 3 is 2.62 bits per heavy atom. The minimum atomic E-state index is -0.241. The summed E-state index contributed by atoms with van der Waals surface area (Å²) in [6.45, 7) is 4.90. The van der Waals surface area contributed by atoms with Gasteiger partial charge in [-0.3, -0.25) is 4.68 Å². The van der Waals surface area contributed by atoms with Gasteiger partial charge in [-0.05, 0) is 25.5 Å². The fourth-order valence-corrected chi connectivity index (χ4v) is 2.48. The Kier molecular flexibility index (Phi) is 3.66. The number of nitrogens with zero attached hydrogens (tertiary/aromatic N) is 4. The molecule has 2 heterocycles. The summed E-state index contributed by atoms with van der Waals surface area (Å²) < 4.78 is 2.01. The van der Waals surface area contributed by atoms with Crippen LogP contribution in [0, 0.1) is 6.92 Å². The Labute approximate surface area is 123 Å². The van der Waals surface area contributed by atoms with Gasteiger partial charge in [-0.25, -0.2) is 9.97 Å².